The lowest BCUT2D eigenvalue weighted by Gasteiger charge is -2.30. The predicted octanol–water partition coefficient (Wildman–Crippen LogP) is 1.65. The van der Waals surface area contributed by atoms with Crippen LogP contribution in [0, 0.1) is 11.8 Å². The zero-order valence-corrected chi connectivity index (χ0v) is 13.5. The van der Waals surface area contributed by atoms with E-state index >= 15 is 0 Å². The van der Waals surface area contributed by atoms with Crippen molar-refractivity contribution in [3.63, 3.8) is 0 Å². The van der Waals surface area contributed by atoms with Gasteiger partial charge < -0.3 is 15.4 Å². The van der Waals surface area contributed by atoms with E-state index in [-0.39, 0.29) is 42.2 Å². The highest BCUT2D eigenvalue weighted by Crippen LogP contribution is 2.25. The highest BCUT2D eigenvalue weighted by Gasteiger charge is 2.29. The topological polar surface area (TPSA) is 67.4 Å². The molecule has 2 N–H and O–H groups in total. The Bertz CT molecular complexity index is 338. The van der Waals surface area contributed by atoms with Gasteiger partial charge in [-0.15, -0.1) is 12.4 Å². The molecule has 0 radical (unpaired) electrons. The Morgan fingerprint density at radius 2 is 1.86 bits per heavy atom. The molecular weight excluding hydrogens is 292 g/mol. The van der Waals surface area contributed by atoms with Crippen LogP contribution in [0.5, 0.6) is 0 Å². The van der Waals surface area contributed by atoms with Crippen LogP contribution in [0.4, 0.5) is 0 Å². The van der Waals surface area contributed by atoms with E-state index in [2.05, 4.69) is 10.6 Å². The molecule has 1 aliphatic carbocycles. The van der Waals surface area contributed by atoms with Crippen LogP contribution in [0.3, 0.4) is 0 Å². The molecular formula is C15H27ClN2O3. The second-order valence-electron chi connectivity index (χ2n) is 5.85. The summed E-state index contributed by atoms with van der Waals surface area (Å²) in [6.07, 6.45) is 5.48. The number of carbonyl (C=O) groups excluding carboxylic acids is 2. The number of piperidine rings is 1. The third kappa shape index (κ3) is 5.47. The van der Waals surface area contributed by atoms with E-state index in [9.17, 15) is 9.59 Å². The number of halogens is 1. The first-order valence-electron chi connectivity index (χ1n) is 7.88. The number of carbonyl (C=O) groups is 2. The molecule has 1 heterocycles. The third-order valence-electron chi connectivity index (χ3n) is 4.36. The van der Waals surface area contributed by atoms with Gasteiger partial charge in [0.2, 0.25) is 5.91 Å². The second kappa shape index (κ2) is 9.26. The Kier molecular flexibility index (Phi) is 8.04. The lowest BCUT2D eigenvalue weighted by Crippen LogP contribution is -2.45. The molecule has 2 aliphatic rings. The van der Waals surface area contributed by atoms with Crippen LogP contribution in [-0.2, 0) is 14.3 Å². The Balaban J connectivity index is 0.00000220. The van der Waals surface area contributed by atoms with E-state index in [1.165, 1.54) is 0 Å². The van der Waals surface area contributed by atoms with Gasteiger partial charge in [0.05, 0.1) is 18.4 Å². The first-order valence-corrected chi connectivity index (χ1v) is 7.88. The molecule has 0 aromatic heterocycles. The first kappa shape index (κ1) is 18.2. The quantitative estimate of drug-likeness (QED) is 0.773. The van der Waals surface area contributed by atoms with E-state index < -0.39 is 0 Å². The number of hydrogen-bond acceptors (Lipinski definition) is 4. The van der Waals surface area contributed by atoms with Gasteiger partial charge in [-0.3, -0.25) is 9.59 Å². The average Bonchev–Trinajstić information content (AvgIpc) is 2.49. The fourth-order valence-corrected chi connectivity index (χ4v) is 3.13. The van der Waals surface area contributed by atoms with Gasteiger partial charge in [-0.25, -0.2) is 0 Å². The van der Waals surface area contributed by atoms with Crippen molar-refractivity contribution < 1.29 is 14.3 Å². The van der Waals surface area contributed by atoms with Gasteiger partial charge >= 0.3 is 5.97 Å². The number of hydrogen-bond donors (Lipinski definition) is 2. The fraction of sp³-hybridized carbons (Fsp3) is 0.867. The van der Waals surface area contributed by atoms with Crippen molar-refractivity contribution in [3.05, 3.63) is 0 Å². The maximum atomic E-state index is 12.1. The van der Waals surface area contributed by atoms with Gasteiger partial charge in [0.25, 0.3) is 0 Å². The van der Waals surface area contributed by atoms with Gasteiger partial charge in [-0.2, -0.15) is 0 Å². The molecule has 2 fully saturated rings. The van der Waals surface area contributed by atoms with Crippen molar-refractivity contribution in [2.45, 2.75) is 51.5 Å². The zero-order valence-electron chi connectivity index (χ0n) is 12.7. The van der Waals surface area contributed by atoms with Crippen molar-refractivity contribution >= 4 is 24.3 Å². The molecule has 122 valence electrons. The van der Waals surface area contributed by atoms with Crippen LogP contribution in [-0.4, -0.2) is 37.6 Å². The number of ether oxygens (including phenoxy) is 1. The fourth-order valence-electron chi connectivity index (χ4n) is 3.13. The minimum absolute atomic E-state index is 0. The number of amides is 1. The lowest BCUT2D eigenvalue weighted by atomic mass is 9.85. The SMILES string of the molecule is CCOC(=O)C1CCC(NC(=O)C2CCCNC2)CC1.Cl. The van der Waals surface area contributed by atoms with E-state index in [4.69, 9.17) is 4.74 Å². The predicted molar refractivity (Wildman–Crippen MR) is 83.4 cm³/mol. The van der Waals surface area contributed by atoms with Gasteiger partial charge in [0.1, 0.15) is 0 Å². The van der Waals surface area contributed by atoms with Crippen LogP contribution < -0.4 is 10.6 Å². The summed E-state index contributed by atoms with van der Waals surface area (Å²) in [5, 5.41) is 6.42. The van der Waals surface area contributed by atoms with E-state index in [0.717, 1.165) is 51.6 Å². The summed E-state index contributed by atoms with van der Waals surface area (Å²) in [5.41, 5.74) is 0. The first-order chi connectivity index (χ1) is 9.70. The molecule has 1 amide bonds. The van der Waals surface area contributed by atoms with Gasteiger partial charge in [0.15, 0.2) is 0 Å². The van der Waals surface area contributed by atoms with Gasteiger partial charge in [-0.1, -0.05) is 0 Å². The molecule has 1 saturated carbocycles. The summed E-state index contributed by atoms with van der Waals surface area (Å²) < 4.78 is 5.06. The van der Waals surface area contributed by atoms with Crippen molar-refractivity contribution in [2.75, 3.05) is 19.7 Å². The van der Waals surface area contributed by atoms with Gasteiger partial charge in [-0.05, 0) is 52.0 Å². The normalized spacial score (nSPS) is 29.1. The van der Waals surface area contributed by atoms with Crippen LogP contribution in [0.15, 0.2) is 0 Å². The molecule has 0 bridgehead atoms. The van der Waals surface area contributed by atoms with E-state index in [1.807, 2.05) is 6.92 Å². The molecule has 1 atom stereocenters. The maximum absolute atomic E-state index is 12.1. The summed E-state index contributed by atoms with van der Waals surface area (Å²) in [4.78, 5) is 23.8. The number of esters is 1. The largest absolute Gasteiger partial charge is 0.466 e. The minimum Gasteiger partial charge on any atom is -0.466 e. The monoisotopic (exact) mass is 318 g/mol. The molecule has 21 heavy (non-hydrogen) atoms. The Morgan fingerprint density at radius 3 is 2.43 bits per heavy atom. The van der Waals surface area contributed by atoms with Crippen LogP contribution in [0.1, 0.15) is 45.4 Å². The summed E-state index contributed by atoms with van der Waals surface area (Å²) in [5.74, 6) is 0.247. The summed E-state index contributed by atoms with van der Waals surface area (Å²) >= 11 is 0. The molecule has 0 aromatic carbocycles. The Morgan fingerprint density at radius 1 is 1.14 bits per heavy atom. The smallest absolute Gasteiger partial charge is 0.308 e. The van der Waals surface area contributed by atoms with Crippen LogP contribution in [0.25, 0.3) is 0 Å². The van der Waals surface area contributed by atoms with Gasteiger partial charge in [0, 0.05) is 12.6 Å². The third-order valence-corrected chi connectivity index (χ3v) is 4.36. The Labute approximate surface area is 133 Å². The van der Waals surface area contributed by atoms with Crippen molar-refractivity contribution in [2.24, 2.45) is 11.8 Å². The van der Waals surface area contributed by atoms with Crippen molar-refractivity contribution in [1.82, 2.24) is 10.6 Å². The summed E-state index contributed by atoms with van der Waals surface area (Å²) in [6.45, 7) is 4.10. The highest BCUT2D eigenvalue weighted by molar-refractivity contribution is 5.85. The van der Waals surface area contributed by atoms with Crippen molar-refractivity contribution in [3.8, 4) is 0 Å². The highest BCUT2D eigenvalue weighted by atomic mass is 35.5. The Hall–Kier alpha value is -0.810. The number of nitrogens with one attached hydrogen (secondary N) is 2. The summed E-state index contributed by atoms with van der Waals surface area (Å²) in [6, 6.07) is 0.232. The standard InChI is InChI=1S/C15H26N2O3.ClH/c1-2-20-15(19)11-5-7-13(8-6-11)17-14(18)12-4-3-9-16-10-12;/h11-13,16H,2-10H2,1H3,(H,17,18);1H. The molecule has 2 rings (SSSR count). The summed E-state index contributed by atoms with van der Waals surface area (Å²) in [7, 11) is 0. The molecule has 1 saturated heterocycles. The molecule has 0 aromatic rings. The van der Waals surface area contributed by atoms with Crippen LogP contribution >= 0.6 is 12.4 Å². The maximum Gasteiger partial charge on any atom is 0.308 e. The van der Waals surface area contributed by atoms with Crippen molar-refractivity contribution in [1.29, 1.82) is 0 Å². The lowest BCUT2D eigenvalue weighted by molar-refractivity contribution is -0.149. The average molecular weight is 319 g/mol. The number of rotatable bonds is 4. The van der Waals surface area contributed by atoms with E-state index in [0.29, 0.717) is 6.61 Å². The molecule has 5 nitrogen and oxygen atoms in total. The molecule has 0 spiro atoms. The second-order valence-corrected chi connectivity index (χ2v) is 5.85. The molecule has 1 unspecified atom stereocenters. The van der Waals surface area contributed by atoms with Crippen LogP contribution in [0.2, 0.25) is 0 Å². The molecule has 1 aliphatic heterocycles. The molecule has 6 heteroatoms. The zero-order chi connectivity index (χ0) is 14.4. The minimum atomic E-state index is -0.0752. The van der Waals surface area contributed by atoms with E-state index in [1.54, 1.807) is 0 Å².